The second-order valence-corrected chi connectivity index (χ2v) is 14.4. The van der Waals surface area contributed by atoms with Crippen LogP contribution in [-0.4, -0.2) is 82.7 Å². The first kappa shape index (κ1) is 35.1. The fourth-order valence-electron chi connectivity index (χ4n) is 9.14. The lowest BCUT2D eigenvalue weighted by Gasteiger charge is -2.62. The lowest BCUT2D eigenvalue weighted by Crippen LogP contribution is -2.69. The summed E-state index contributed by atoms with van der Waals surface area (Å²) in [5.74, 6) is -3.90. The van der Waals surface area contributed by atoms with E-state index >= 15 is 4.39 Å². The number of alkyl halides is 1. The number of aliphatic hydroxyl groups excluding tert-OH is 1. The molecular weight excluding hydrogens is 619 g/mol. The Hall–Kier alpha value is -3.23. The quantitative estimate of drug-likeness (QED) is 0.0970. The molecule has 0 aromatic carbocycles. The van der Waals surface area contributed by atoms with Crippen molar-refractivity contribution in [1.82, 2.24) is 5.32 Å². The average molecular weight is 665 g/mol. The molecule has 1 aliphatic heterocycles. The third-order valence-corrected chi connectivity index (χ3v) is 11.3. The normalized spacial score (nSPS) is 37.9. The molecule has 47 heavy (non-hydrogen) atoms. The number of nitrogens with zero attached hydrogens (tertiary/aromatic N) is 1. The molecule has 4 aliphatic carbocycles. The van der Waals surface area contributed by atoms with E-state index in [-0.39, 0.29) is 56.9 Å². The number of halogens is 1. The lowest BCUT2D eigenvalue weighted by molar-refractivity contribution is -0.757. The molecule has 260 valence electrons. The highest BCUT2D eigenvalue weighted by molar-refractivity contribution is 5.94. The van der Waals surface area contributed by atoms with E-state index in [2.05, 4.69) is 10.2 Å². The SMILES string of the molecule is CC1(C)O[C@@H]2C[C@H]3[C@@H]4CC=C5CC(=O)C=C[C@]5(C)[C@@]4(F)[C@@H](O)C[C@]3(C)[C@]2(C(=O)COC(=O)CCNC(=O)CCCCCO[N+](=O)[O-])O1. The largest absolute Gasteiger partial charge is 0.457 e. The van der Waals surface area contributed by atoms with Gasteiger partial charge in [-0.1, -0.05) is 31.1 Å². The third-order valence-electron chi connectivity index (χ3n) is 11.3. The predicted octanol–water partition coefficient (Wildman–Crippen LogP) is 3.24. The summed E-state index contributed by atoms with van der Waals surface area (Å²) in [6, 6.07) is 0. The van der Waals surface area contributed by atoms with Crippen LogP contribution in [0.15, 0.2) is 23.8 Å². The molecule has 5 rings (SSSR count). The maximum atomic E-state index is 17.5. The molecule has 1 heterocycles. The molecule has 0 radical (unpaired) electrons. The number of esters is 1. The molecule has 1 amide bonds. The number of nitrogens with one attached hydrogen (secondary N) is 1. The van der Waals surface area contributed by atoms with Crippen LogP contribution in [0.3, 0.4) is 0 Å². The minimum absolute atomic E-state index is 0.00271. The van der Waals surface area contributed by atoms with Crippen LogP contribution < -0.4 is 5.32 Å². The maximum absolute atomic E-state index is 17.5. The summed E-state index contributed by atoms with van der Waals surface area (Å²) < 4.78 is 35.6. The molecule has 0 spiro atoms. The van der Waals surface area contributed by atoms with Crippen molar-refractivity contribution in [2.24, 2.45) is 22.7 Å². The van der Waals surface area contributed by atoms with E-state index in [0.717, 1.165) is 0 Å². The van der Waals surface area contributed by atoms with Gasteiger partial charge >= 0.3 is 5.97 Å². The van der Waals surface area contributed by atoms with Crippen molar-refractivity contribution in [2.45, 2.75) is 115 Å². The number of allylic oxidation sites excluding steroid dienone is 4. The fraction of sp³-hybridized carbons (Fsp3) is 0.758. The van der Waals surface area contributed by atoms with Crippen LogP contribution in [0.25, 0.3) is 0 Å². The van der Waals surface area contributed by atoms with Gasteiger partial charge in [0, 0.05) is 36.1 Å². The molecule has 3 fully saturated rings. The second kappa shape index (κ2) is 12.7. The van der Waals surface area contributed by atoms with Crippen LogP contribution in [-0.2, 0) is 38.2 Å². The molecule has 0 aromatic heterocycles. The summed E-state index contributed by atoms with van der Waals surface area (Å²) in [5.41, 5.74) is -5.27. The Morgan fingerprint density at radius 3 is 2.62 bits per heavy atom. The van der Waals surface area contributed by atoms with E-state index in [1.807, 2.05) is 13.0 Å². The van der Waals surface area contributed by atoms with E-state index in [0.29, 0.717) is 31.3 Å². The van der Waals surface area contributed by atoms with Gasteiger partial charge in [0.25, 0.3) is 5.09 Å². The van der Waals surface area contributed by atoms with E-state index < -0.39 is 75.4 Å². The summed E-state index contributed by atoms with van der Waals surface area (Å²) in [5, 5.41) is 23.6. The zero-order valence-electron chi connectivity index (χ0n) is 27.4. The van der Waals surface area contributed by atoms with E-state index in [4.69, 9.17) is 14.2 Å². The Morgan fingerprint density at radius 1 is 1.15 bits per heavy atom. The second-order valence-electron chi connectivity index (χ2n) is 14.4. The molecule has 2 N–H and O–H groups in total. The van der Waals surface area contributed by atoms with Crippen molar-refractivity contribution in [1.29, 1.82) is 0 Å². The van der Waals surface area contributed by atoms with Crippen LogP contribution in [0.4, 0.5) is 4.39 Å². The van der Waals surface area contributed by atoms with E-state index in [1.54, 1.807) is 26.8 Å². The Morgan fingerprint density at radius 2 is 1.89 bits per heavy atom. The molecule has 5 aliphatic rings. The molecule has 0 unspecified atom stereocenters. The van der Waals surface area contributed by atoms with Gasteiger partial charge in [0.15, 0.2) is 29.4 Å². The highest BCUT2D eigenvalue weighted by atomic mass is 19.1. The number of carbonyl (C=O) groups excluding carboxylic acids is 4. The molecular formula is C33H45FN2O11. The van der Waals surface area contributed by atoms with Crippen molar-refractivity contribution in [3.8, 4) is 0 Å². The van der Waals surface area contributed by atoms with Crippen LogP contribution in [0.2, 0.25) is 0 Å². The summed E-state index contributed by atoms with van der Waals surface area (Å²) >= 11 is 0. The predicted molar refractivity (Wildman–Crippen MR) is 162 cm³/mol. The van der Waals surface area contributed by atoms with Crippen molar-refractivity contribution in [3.05, 3.63) is 33.9 Å². The molecule has 1 saturated heterocycles. The minimum Gasteiger partial charge on any atom is -0.457 e. The van der Waals surface area contributed by atoms with Crippen LogP contribution in [0.5, 0.6) is 0 Å². The lowest BCUT2D eigenvalue weighted by atomic mass is 9.45. The molecule has 0 aromatic rings. The Bertz CT molecular complexity index is 1380. The van der Waals surface area contributed by atoms with Gasteiger partial charge in [-0.25, -0.2) is 4.39 Å². The fourth-order valence-corrected chi connectivity index (χ4v) is 9.14. The number of aliphatic hydroxyl groups is 1. The third kappa shape index (κ3) is 5.90. The zero-order chi connectivity index (χ0) is 34.4. The van der Waals surface area contributed by atoms with Gasteiger partial charge in [-0.05, 0) is 64.9 Å². The molecule has 14 heteroatoms. The van der Waals surface area contributed by atoms with Gasteiger partial charge in [-0.3, -0.25) is 19.2 Å². The zero-order valence-corrected chi connectivity index (χ0v) is 27.4. The number of unbranched alkanes of at least 4 members (excludes halogenated alkanes) is 2. The van der Waals surface area contributed by atoms with Gasteiger partial charge in [0.2, 0.25) is 11.7 Å². The number of hydrogen-bond donors (Lipinski definition) is 2. The Labute approximate surface area is 272 Å². The summed E-state index contributed by atoms with van der Waals surface area (Å²) in [7, 11) is 0. The number of amides is 1. The monoisotopic (exact) mass is 664 g/mol. The minimum atomic E-state index is -2.08. The number of ether oxygens (including phenoxy) is 3. The van der Waals surface area contributed by atoms with Crippen molar-refractivity contribution < 1.29 is 52.8 Å². The highest BCUT2D eigenvalue weighted by Crippen LogP contribution is 2.71. The van der Waals surface area contributed by atoms with Gasteiger partial charge < -0.3 is 29.5 Å². The van der Waals surface area contributed by atoms with E-state index in [9.17, 15) is 34.4 Å². The Kier molecular flexibility index (Phi) is 9.45. The molecule has 0 bridgehead atoms. The van der Waals surface area contributed by atoms with Gasteiger partial charge in [-0.15, -0.1) is 10.1 Å². The van der Waals surface area contributed by atoms with Crippen LogP contribution in [0, 0.1) is 32.8 Å². The summed E-state index contributed by atoms with van der Waals surface area (Å²) in [4.78, 5) is 65.4. The number of rotatable bonds is 13. The van der Waals surface area contributed by atoms with Gasteiger partial charge in [0.05, 0.1) is 25.2 Å². The maximum Gasteiger partial charge on any atom is 0.308 e. The number of fused-ring (bicyclic) bond motifs is 7. The first-order chi connectivity index (χ1) is 22.0. The van der Waals surface area contributed by atoms with Crippen molar-refractivity contribution >= 4 is 23.4 Å². The molecule has 8 atom stereocenters. The first-order valence-electron chi connectivity index (χ1n) is 16.4. The number of hydrogen-bond acceptors (Lipinski definition) is 11. The Balaban J connectivity index is 1.23. The molecule has 13 nitrogen and oxygen atoms in total. The van der Waals surface area contributed by atoms with Crippen LogP contribution >= 0.6 is 0 Å². The average Bonchev–Trinajstić information content (AvgIpc) is 3.40. The van der Waals surface area contributed by atoms with Crippen LogP contribution in [0.1, 0.15) is 85.5 Å². The van der Waals surface area contributed by atoms with E-state index in [1.165, 1.54) is 6.08 Å². The topological polar surface area (TPSA) is 181 Å². The standard InChI is InChI=1S/C33H45FN2O11/c1-29(2)46-26-17-23-22-10-9-20-16-21(37)11-13-30(20,3)32(22,34)24(38)18-31(23,4)33(26,47-29)25(39)19-44-28(41)12-14-35-27(40)8-6-5-7-15-45-36(42)43/h9,11,13,22-24,26,38H,5-8,10,12,14-19H2,1-4H3,(H,35,40)/t22-,23-,24-,26+,30-,31-,32-,33+/m0/s1. The summed E-state index contributed by atoms with van der Waals surface area (Å²) in [6.45, 7) is 6.28. The number of ketones is 2. The van der Waals surface area contributed by atoms with Crippen molar-refractivity contribution in [3.63, 3.8) is 0 Å². The number of Topliss-reactive ketones (excluding diaryl/α,β-unsaturated/α-hetero) is 1. The van der Waals surface area contributed by atoms with Crippen molar-refractivity contribution in [2.75, 3.05) is 19.8 Å². The highest BCUT2D eigenvalue weighted by Gasteiger charge is 2.80. The number of carbonyl (C=O) groups is 4. The smallest absolute Gasteiger partial charge is 0.308 e. The first-order valence-corrected chi connectivity index (χ1v) is 16.4. The van der Waals surface area contributed by atoms with Gasteiger partial charge in [-0.2, -0.15) is 0 Å². The molecule has 2 saturated carbocycles. The van der Waals surface area contributed by atoms with Gasteiger partial charge in [0.1, 0.15) is 0 Å². The summed E-state index contributed by atoms with van der Waals surface area (Å²) in [6.07, 6.45) is 4.75.